The lowest BCUT2D eigenvalue weighted by Gasteiger charge is -2.28. The third-order valence-corrected chi connectivity index (χ3v) is 7.66. The van der Waals surface area contributed by atoms with E-state index in [1.807, 2.05) is 0 Å². The first kappa shape index (κ1) is 24.8. The van der Waals surface area contributed by atoms with Crippen molar-refractivity contribution in [2.24, 2.45) is 5.92 Å². The summed E-state index contributed by atoms with van der Waals surface area (Å²) in [6.45, 7) is 6.76. The van der Waals surface area contributed by atoms with Crippen LogP contribution in [0, 0.1) is 12.8 Å². The standard InChI is InChI=1S/C27H38N6O3/c1-18-21(17-36-32-18)27(34)31-24(20-8-6-4-3-5-7-9-20)26-29-22-14-19(15-23(35-2)25(22)30-26)16-33-12-10-28-11-13-33/h14-15,17,20,24,28H,3-13,16H2,1-2H3,(H,29,30)(H,31,34). The molecule has 5 rings (SSSR count). The molecule has 3 N–H and O–H groups in total. The molecule has 194 valence electrons. The van der Waals surface area contributed by atoms with Gasteiger partial charge in [0.25, 0.3) is 5.91 Å². The Morgan fingerprint density at radius 2 is 1.94 bits per heavy atom. The minimum atomic E-state index is -0.223. The third-order valence-electron chi connectivity index (χ3n) is 7.66. The van der Waals surface area contributed by atoms with E-state index in [0.29, 0.717) is 17.2 Å². The number of fused-ring (bicyclic) bond motifs is 1. The summed E-state index contributed by atoms with van der Waals surface area (Å²) in [5.41, 5.74) is 4.01. The topological polar surface area (TPSA) is 108 Å². The van der Waals surface area contributed by atoms with Gasteiger partial charge in [0, 0.05) is 32.7 Å². The monoisotopic (exact) mass is 494 g/mol. The molecule has 2 fully saturated rings. The Morgan fingerprint density at radius 3 is 2.64 bits per heavy atom. The molecule has 1 unspecified atom stereocenters. The van der Waals surface area contributed by atoms with E-state index < -0.39 is 0 Å². The van der Waals surface area contributed by atoms with Crippen molar-refractivity contribution in [1.29, 1.82) is 0 Å². The number of imidazole rings is 1. The number of rotatable bonds is 7. The molecule has 3 aromatic rings. The molecule has 36 heavy (non-hydrogen) atoms. The number of H-pyrrole nitrogens is 1. The smallest absolute Gasteiger partial charge is 0.257 e. The highest BCUT2D eigenvalue weighted by molar-refractivity contribution is 5.95. The summed E-state index contributed by atoms with van der Waals surface area (Å²) in [5, 5.41) is 10.6. The van der Waals surface area contributed by atoms with Crippen LogP contribution in [0.1, 0.15) is 78.4 Å². The lowest BCUT2D eigenvalue weighted by atomic mass is 9.85. The average molecular weight is 495 g/mol. The molecule has 2 aliphatic rings. The van der Waals surface area contributed by atoms with Crippen LogP contribution in [-0.2, 0) is 6.54 Å². The maximum Gasteiger partial charge on any atom is 0.257 e. The number of aromatic nitrogens is 3. The minimum absolute atomic E-state index is 0.173. The Labute approximate surface area is 212 Å². The quantitative estimate of drug-likeness (QED) is 0.454. The van der Waals surface area contributed by atoms with Gasteiger partial charge in [-0.05, 0) is 43.4 Å². The molecule has 1 amide bonds. The summed E-state index contributed by atoms with van der Waals surface area (Å²) in [4.78, 5) is 24.3. The molecule has 1 aromatic carbocycles. The SMILES string of the molecule is COc1cc(CN2CCNCC2)cc2[nH]c(C(NC(=O)c3conc3C)C3CCCCCCC3)nc12. The van der Waals surface area contributed by atoms with Crippen LogP contribution in [0.5, 0.6) is 5.75 Å². The lowest BCUT2D eigenvalue weighted by Crippen LogP contribution is -2.42. The molecule has 1 saturated carbocycles. The van der Waals surface area contributed by atoms with Gasteiger partial charge in [-0.2, -0.15) is 0 Å². The van der Waals surface area contributed by atoms with Crippen LogP contribution in [0.15, 0.2) is 22.9 Å². The minimum Gasteiger partial charge on any atom is -0.494 e. The molecule has 2 aromatic heterocycles. The number of carbonyl (C=O) groups excluding carboxylic acids is 1. The molecule has 1 aliphatic heterocycles. The first-order valence-electron chi connectivity index (χ1n) is 13.3. The van der Waals surface area contributed by atoms with Gasteiger partial charge in [-0.1, -0.05) is 37.3 Å². The summed E-state index contributed by atoms with van der Waals surface area (Å²) in [6, 6.07) is 4.05. The predicted octanol–water partition coefficient (Wildman–Crippen LogP) is 4.10. The lowest BCUT2D eigenvalue weighted by molar-refractivity contribution is 0.0911. The highest BCUT2D eigenvalue weighted by Gasteiger charge is 2.30. The van der Waals surface area contributed by atoms with E-state index in [2.05, 4.69) is 37.8 Å². The van der Waals surface area contributed by atoms with Crippen molar-refractivity contribution >= 4 is 16.9 Å². The second kappa shape index (κ2) is 11.4. The van der Waals surface area contributed by atoms with E-state index >= 15 is 0 Å². The Balaban J connectivity index is 1.47. The van der Waals surface area contributed by atoms with Crippen molar-refractivity contribution in [3.63, 3.8) is 0 Å². The Morgan fingerprint density at radius 1 is 1.19 bits per heavy atom. The molecule has 9 nitrogen and oxygen atoms in total. The molecular formula is C27H38N6O3. The van der Waals surface area contributed by atoms with E-state index in [-0.39, 0.29) is 11.9 Å². The largest absolute Gasteiger partial charge is 0.494 e. The summed E-state index contributed by atoms with van der Waals surface area (Å²) in [5.74, 6) is 1.68. The number of carbonyl (C=O) groups is 1. The molecule has 9 heteroatoms. The first-order chi connectivity index (χ1) is 17.6. The molecule has 1 saturated heterocycles. The number of aryl methyl sites for hydroxylation is 1. The van der Waals surface area contributed by atoms with Crippen LogP contribution in [0.25, 0.3) is 11.0 Å². The predicted molar refractivity (Wildman–Crippen MR) is 138 cm³/mol. The van der Waals surface area contributed by atoms with Gasteiger partial charge >= 0.3 is 0 Å². The number of hydrogen-bond donors (Lipinski definition) is 3. The molecule has 3 heterocycles. The summed E-state index contributed by atoms with van der Waals surface area (Å²) >= 11 is 0. The number of amides is 1. The van der Waals surface area contributed by atoms with Gasteiger partial charge in [0.15, 0.2) is 0 Å². The van der Waals surface area contributed by atoms with E-state index in [1.54, 1.807) is 14.0 Å². The summed E-state index contributed by atoms with van der Waals surface area (Å²) < 4.78 is 10.8. The van der Waals surface area contributed by atoms with E-state index in [4.69, 9.17) is 14.2 Å². The van der Waals surface area contributed by atoms with Gasteiger partial charge in [-0.25, -0.2) is 4.98 Å². The van der Waals surface area contributed by atoms with Gasteiger partial charge in [-0.3, -0.25) is 9.69 Å². The van der Waals surface area contributed by atoms with E-state index in [0.717, 1.165) is 68.2 Å². The molecule has 1 atom stereocenters. The number of benzene rings is 1. The van der Waals surface area contributed by atoms with Crippen molar-refractivity contribution in [3.8, 4) is 5.75 Å². The van der Waals surface area contributed by atoms with Gasteiger partial charge in [0.05, 0.1) is 24.4 Å². The summed E-state index contributed by atoms with van der Waals surface area (Å²) in [7, 11) is 1.69. The van der Waals surface area contributed by atoms with Crippen molar-refractivity contribution < 1.29 is 14.1 Å². The van der Waals surface area contributed by atoms with Gasteiger partial charge in [0.1, 0.15) is 28.9 Å². The maximum atomic E-state index is 13.2. The number of aromatic amines is 1. The highest BCUT2D eigenvalue weighted by atomic mass is 16.5. The summed E-state index contributed by atoms with van der Waals surface area (Å²) in [6.07, 6.45) is 9.66. The number of nitrogens with zero attached hydrogens (tertiary/aromatic N) is 3. The normalized spacial score (nSPS) is 19.1. The van der Waals surface area contributed by atoms with Crippen LogP contribution in [0.3, 0.4) is 0 Å². The van der Waals surface area contributed by atoms with E-state index in [9.17, 15) is 4.79 Å². The fourth-order valence-electron chi connectivity index (χ4n) is 5.64. The fourth-order valence-corrected chi connectivity index (χ4v) is 5.64. The van der Waals surface area contributed by atoms with Crippen LogP contribution < -0.4 is 15.4 Å². The zero-order valence-electron chi connectivity index (χ0n) is 21.4. The number of methoxy groups -OCH3 is 1. The number of ether oxygens (including phenoxy) is 1. The molecule has 0 bridgehead atoms. The van der Waals surface area contributed by atoms with Gasteiger partial charge in [-0.15, -0.1) is 0 Å². The molecule has 0 radical (unpaired) electrons. The molecular weight excluding hydrogens is 456 g/mol. The number of nitrogens with one attached hydrogen (secondary N) is 3. The maximum absolute atomic E-state index is 13.2. The zero-order valence-corrected chi connectivity index (χ0v) is 21.4. The Kier molecular flexibility index (Phi) is 7.87. The van der Waals surface area contributed by atoms with Crippen molar-refractivity contribution in [3.05, 3.63) is 41.0 Å². The number of piperazine rings is 1. The Bertz CT molecular complexity index is 1160. The van der Waals surface area contributed by atoms with Crippen LogP contribution in [-0.4, -0.2) is 59.2 Å². The third kappa shape index (κ3) is 5.57. The van der Waals surface area contributed by atoms with Crippen molar-refractivity contribution in [1.82, 2.24) is 30.7 Å². The Hall–Kier alpha value is -2.91. The van der Waals surface area contributed by atoms with Crippen LogP contribution in [0.2, 0.25) is 0 Å². The molecule has 1 aliphatic carbocycles. The fraction of sp³-hybridized carbons (Fsp3) is 0.593. The van der Waals surface area contributed by atoms with Crippen molar-refractivity contribution in [2.75, 3.05) is 33.3 Å². The zero-order chi connectivity index (χ0) is 24.9. The highest BCUT2D eigenvalue weighted by Crippen LogP contribution is 2.35. The van der Waals surface area contributed by atoms with Gasteiger partial charge in [0.2, 0.25) is 0 Å². The second-order valence-electron chi connectivity index (χ2n) is 10.2. The van der Waals surface area contributed by atoms with E-state index in [1.165, 1.54) is 43.9 Å². The van der Waals surface area contributed by atoms with Crippen molar-refractivity contribution in [2.45, 2.75) is 64.5 Å². The van der Waals surface area contributed by atoms with Crippen LogP contribution >= 0.6 is 0 Å². The average Bonchev–Trinajstić information content (AvgIpc) is 3.49. The van der Waals surface area contributed by atoms with Crippen LogP contribution in [0.4, 0.5) is 0 Å². The number of hydrogen-bond acceptors (Lipinski definition) is 7. The van der Waals surface area contributed by atoms with Gasteiger partial charge < -0.3 is 24.9 Å². The second-order valence-corrected chi connectivity index (χ2v) is 10.2. The molecule has 0 spiro atoms. The first-order valence-corrected chi connectivity index (χ1v) is 13.3.